The molecule has 0 saturated heterocycles. The van der Waals surface area contributed by atoms with E-state index < -0.39 is 0 Å². The van der Waals surface area contributed by atoms with Crippen molar-refractivity contribution in [1.29, 1.82) is 0 Å². The van der Waals surface area contributed by atoms with Gasteiger partial charge in [-0.3, -0.25) is 20.4 Å². The fraction of sp³-hybridized carbons (Fsp3) is 0.0526. The van der Waals surface area contributed by atoms with Gasteiger partial charge in [-0.2, -0.15) is 11.3 Å². The smallest absolute Gasteiger partial charge is 0.267 e. The van der Waals surface area contributed by atoms with Crippen molar-refractivity contribution >= 4 is 50.8 Å². The maximum Gasteiger partial charge on any atom is 0.270 e. The third-order valence-corrected chi connectivity index (χ3v) is 5.91. The lowest BCUT2D eigenvalue weighted by molar-refractivity contribution is 0.0845. The molecule has 0 saturated carbocycles. The Morgan fingerprint density at radius 3 is 2.42 bits per heavy atom. The largest absolute Gasteiger partial charge is 0.270 e. The fourth-order valence-corrected chi connectivity index (χ4v) is 4.20. The summed E-state index contributed by atoms with van der Waals surface area (Å²) in [6, 6.07) is 16.3. The highest BCUT2D eigenvalue weighted by atomic mass is 79.9. The average molecular weight is 447 g/mol. The van der Waals surface area contributed by atoms with Gasteiger partial charge in [0.15, 0.2) is 0 Å². The number of hydrogen-bond donors (Lipinski definition) is 2. The molecule has 26 heavy (non-hydrogen) atoms. The van der Waals surface area contributed by atoms with Gasteiger partial charge in [0.25, 0.3) is 11.8 Å². The molecule has 3 rings (SSSR count). The predicted molar refractivity (Wildman–Crippen MR) is 109 cm³/mol. The van der Waals surface area contributed by atoms with Crippen LogP contribution in [0.25, 0.3) is 0 Å². The molecule has 132 valence electrons. The number of hydrogen-bond acceptors (Lipinski definition) is 4. The molecule has 4 nitrogen and oxygen atoms in total. The quantitative estimate of drug-likeness (QED) is 0.433. The molecule has 1 aromatic heterocycles. The van der Waals surface area contributed by atoms with Crippen molar-refractivity contribution in [3.05, 3.63) is 86.5 Å². The highest BCUT2D eigenvalue weighted by Gasteiger charge is 2.13. The standard InChI is InChI=1S/C19H15BrN2O2S2/c20-15-7-5-14(6-8-15)18(23)21-22-19(24)16-3-1-2-4-17(16)26-12-13-9-10-25-11-13/h1-11H,12H2,(H,21,23)(H,22,24). The lowest BCUT2D eigenvalue weighted by Crippen LogP contribution is -2.41. The molecule has 0 aliphatic heterocycles. The minimum Gasteiger partial charge on any atom is -0.267 e. The predicted octanol–water partition coefficient (Wildman–Crippen LogP) is 4.88. The van der Waals surface area contributed by atoms with Gasteiger partial charge in [-0.05, 0) is 58.8 Å². The van der Waals surface area contributed by atoms with Crippen molar-refractivity contribution in [1.82, 2.24) is 10.9 Å². The molecule has 0 aliphatic carbocycles. The van der Waals surface area contributed by atoms with E-state index in [1.54, 1.807) is 59.5 Å². The van der Waals surface area contributed by atoms with Gasteiger partial charge >= 0.3 is 0 Å². The first-order valence-corrected chi connectivity index (χ1v) is 10.4. The van der Waals surface area contributed by atoms with Crippen molar-refractivity contribution in [2.75, 3.05) is 0 Å². The molecular weight excluding hydrogens is 432 g/mol. The van der Waals surface area contributed by atoms with Crippen LogP contribution < -0.4 is 10.9 Å². The van der Waals surface area contributed by atoms with Gasteiger partial charge in [0, 0.05) is 20.7 Å². The fourth-order valence-electron chi connectivity index (χ4n) is 2.17. The molecule has 0 aliphatic rings. The highest BCUT2D eigenvalue weighted by Crippen LogP contribution is 2.27. The molecule has 0 fully saturated rings. The molecule has 2 aromatic carbocycles. The summed E-state index contributed by atoms with van der Waals surface area (Å²) in [4.78, 5) is 25.5. The minimum absolute atomic E-state index is 0.344. The molecule has 2 N–H and O–H groups in total. The van der Waals surface area contributed by atoms with Crippen LogP contribution in [0.4, 0.5) is 0 Å². The zero-order valence-electron chi connectivity index (χ0n) is 13.6. The van der Waals surface area contributed by atoms with Gasteiger partial charge in [-0.25, -0.2) is 0 Å². The van der Waals surface area contributed by atoms with Gasteiger partial charge in [-0.15, -0.1) is 11.8 Å². The number of rotatable bonds is 5. The molecule has 0 spiro atoms. The first-order valence-electron chi connectivity index (χ1n) is 7.72. The third kappa shape index (κ3) is 4.97. The number of amides is 2. The van der Waals surface area contributed by atoms with E-state index in [1.807, 2.05) is 17.5 Å². The van der Waals surface area contributed by atoms with Crippen molar-refractivity contribution in [2.24, 2.45) is 0 Å². The number of nitrogens with one attached hydrogen (secondary N) is 2. The van der Waals surface area contributed by atoms with Crippen molar-refractivity contribution in [3.63, 3.8) is 0 Å². The Kier molecular flexibility index (Phi) is 6.49. The van der Waals surface area contributed by atoms with E-state index in [0.29, 0.717) is 11.1 Å². The monoisotopic (exact) mass is 446 g/mol. The Labute approximate surface area is 168 Å². The summed E-state index contributed by atoms with van der Waals surface area (Å²) in [5, 5.41) is 4.13. The summed E-state index contributed by atoms with van der Waals surface area (Å²) < 4.78 is 0.884. The minimum atomic E-state index is -0.366. The summed E-state index contributed by atoms with van der Waals surface area (Å²) in [6.45, 7) is 0. The summed E-state index contributed by atoms with van der Waals surface area (Å²) >= 11 is 6.57. The Morgan fingerprint density at radius 1 is 0.962 bits per heavy atom. The number of benzene rings is 2. The second-order valence-electron chi connectivity index (χ2n) is 5.33. The molecule has 2 amide bonds. The summed E-state index contributed by atoms with van der Waals surface area (Å²) in [6.07, 6.45) is 0. The van der Waals surface area contributed by atoms with Crippen molar-refractivity contribution in [2.45, 2.75) is 10.6 Å². The van der Waals surface area contributed by atoms with Crippen molar-refractivity contribution in [3.8, 4) is 0 Å². The van der Waals surface area contributed by atoms with Crippen LogP contribution in [-0.4, -0.2) is 11.8 Å². The highest BCUT2D eigenvalue weighted by molar-refractivity contribution is 9.10. The number of hydrazine groups is 1. The zero-order chi connectivity index (χ0) is 18.4. The van der Waals surface area contributed by atoms with Crippen LogP contribution >= 0.6 is 39.0 Å². The van der Waals surface area contributed by atoms with Crippen LogP contribution in [0.5, 0.6) is 0 Å². The van der Waals surface area contributed by atoms with E-state index in [-0.39, 0.29) is 11.8 Å². The normalized spacial score (nSPS) is 10.3. The number of thiophene rings is 1. The summed E-state index contributed by atoms with van der Waals surface area (Å²) in [7, 11) is 0. The van der Waals surface area contributed by atoms with Crippen LogP contribution in [0.3, 0.4) is 0 Å². The summed E-state index contributed by atoms with van der Waals surface area (Å²) in [5.74, 6) is 0.0807. The van der Waals surface area contributed by atoms with Crippen LogP contribution in [0.2, 0.25) is 0 Å². The van der Waals surface area contributed by atoms with E-state index in [2.05, 4.69) is 38.2 Å². The van der Waals surface area contributed by atoms with Gasteiger partial charge in [0.1, 0.15) is 0 Å². The van der Waals surface area contributed by atoms with E-state index >= 15 is 0 Å². The van der Waals surface area contributed by atoms with Crippen LogP contribution in [0, 0.1) is 0 Å². The van der Waals surface area contributed by atoms with E-state index in [1.165, 1.54) is 5.56 Å². The molecule has 7 heteroatoms. The molecule has 0 atom stereocenters. The Balaban J connectivity index is 1.62. The SMILES string of the molecule is O=C(NNC(=O)c1ccccc1SCc1ccsc1)c1ccc(Br)cc1. The summed E-state index contributed by atoms with van der Waals surface area (Å²) in [5.41, 5.74) is 7.15. The van der Waals surface area contributed by atoms with Crippen LogP contribution in [-0.2, 0) is 5.75 Å². The molecule has 3 aromatic rings. The van der Waals surface area contributed by atoms with Crippen molar-refractivity contribution < 1.29 is 9.59 Å². The van der Waals surface area contributed by atoms with Gasteiger partial charge < -0.3 is 0 Å². The van der Waals surface area contributed by atoms with Gasteiger partial charge in [0.2, 0.25) is 0 Å². The number of carbonyl (C=O) groups is 2. The number of thioether (sulfide) groups is 1. The second kappa shape index (κ2) is 9.02. The number of halogens is 1. The topological polar surface area (TPSA) is 58.2 Å². The van der Waals surface area contributed by atoms with E-state index in [4.69, 9.17) is 0 Å². The number of carbonyl (C=O) groups excluding carboxylic acids is 2. The first kappa shape index (κ1) is 18.7. The lowest BCUT2D eigenvalue weighted by Gasteiger charge is -2.11. The van der Waals surface area contributed by atoms with Crippen LogP contribution in [0.15, 0.2) is 74.7 Å². The lowest BCUT2D eigenvalue weighted by atomic mass is 10.2. The first-order chi connectivity index (χ1) is 12.6. The Morgan fingerprint density at radius 2 is 1.69 bits per heavy atom. The van der Waals surface area contributed by atoms with E-state index in [9.17, 15) is 9.59 Å². The maximum absolute atomic E-state index is 12.5. The van der Waals surface area contributed by atoms with Gasteiger partial charge in [0.05, 0.1) is 5.56 Å². The van der Waals surface area contributed by atoms with Crippen LogP contribution in [0.1, 0.15) is 26.3 Å². The zero-order valence-corrected chi connectivity index (χ0v) is 16.8. The molecule has 0 radical (unpaired) electrons. The second-order valence-corrected chi connectivity index (χ2v) is 8.04. The molecule has 0 bridgehead atoms. The Bertz CT molecular complexity index is 896. The van der Waals surface area contributed by atoms with Gasteiger partial charge in [-0.1, -0.05) is 28.1 Å². The molecular formula is C19H15BrN2O2S2. The molecule has 0 unspecified atom stereocenters. The third-order valence-electron chi connectivity index (χ3n) is 3.50. The average Bonchev–Trinajstić information content (AvgIpc) is 3.18. The molecule has 1 heterocycles. The maximum atomic E-state index is 12.5. The Hall–Kier alpha value is -2.09. The van der Waals surface area contributed by atoms with E-state index in [0.717, 1.165) is 15.1 Å².